The lowest BCUT2D eigenvalue weighted by Gasteiger charge is -2.21. The van der Waals surface area contributed by atoms with E-state index in [0.717, 1.165) is 14.6 Å². The summed E-state index contributed by atoms with van der Waals surface area (Å²) >= 11 is 6.86. The summed E-state index contributed by atoms with van der Waals surface area (Å²) in [5.74, 6) is -0.409. The quantitative estimate of drug-likeness (QED) is 0.825. The van der Waals surface area contributed by atoms with Gasteiger partial charge in [0.25, 0.3) is 0 Å². The van der Waals surface area contributed by atoms with Gasteiger partial charge in [-0.15, -0.1) is 0 Å². The Balaban J connectivity index is 2.74. The molecule has 0 spiro atoms. The summed E-state index contributed by atoms with van der Waals surface area (Å²) in [7, 11) is 1.40. The number of halogens is 2. The van der Waals surface area contributed by atoms with Crippen LogP contribution in [0.4, 0.5) is 5.69 Å². The molecule has 3 nitrogen and oxygen atoms in total. The summed E-state index contributed by atoms with van der Waals surface area (Å²) in [4.78, 5) is 11.4. The number of methoxy groups -OCH3 is 1. The van der Waals surface area contributed by atoms with E-state index in [-0.39, 0.29) is 17.9 Å². The summed E-state index contributed by atoms with van der Waals surface area (Å²) in [6.07, 6.45) is 0. The van der Waals surface area contributed by atoms with E-state index < -0.39 is 0 Å². The predicted molar refractivity (Wildman–Crippen MR) is 76.1 cm³/mol. The molecule has 1 rings (SSSR count). The highest BCUT2D eigenvalue weighted by Gasteiger charge is 2.21. The van der Waals surface area contributed by atoms with Crippen molar-refractivity contribution in [3.8, 4) is 0 Å². The van der Waals surface area contributed by atoms with Gasteiger partial charge in [-0.3, -0.25) is 4.79 Å². The largest absolute Gasteiger partial charge is 0.469 e. The zero-order valence-corrected chi connectivity index (χ0v) is 13.1. The van der Waals surface area contributed by atoms with Crippen LogP contribution in [-0.2, 0) is 9.53 Å². The minimum absolute atomic E-state index is 0.0000690. The average Bonchev–Trinajstić information content (AvgIpc) is 2.30. The molecule has 0 radical (unpaired) electrons. The number of benzene rings is 1. The molecule has 5 heteroatoms. The van der Waals surface area contributed by atoms with Crippen molar-refractivity contribution in [3.63, 3.8) is 0 Å². The van der Waals surface area contributed by atoms with Crippen molar-refractivity contribution in [2.45, 2.75) is 19.9 Å². The Labute approximate surface area is 118 Å². The Bertz CT molecular complexity index is 409. The van der Waals surface area contributed by atoms with Gasteiger partial charge in [0.2, 0.25) is 0 Å². The Morgan fingerprint density at radius 1 is 1.35 bits per heavy atom. The first-order valence-corrected chi connectivity index (χ1v) is 6.83. The number of nitrogens with one attached hydrogen (secondary N) is 1. The highest BCUT2D eigenvalue weighted by Crippen LogP contribution is 2.27. The molecular formula is C12H15Br2NO2. The van der Waals surface area contributed by atoms with Crippen LogP contribution in [0.1, 0.15) is 13.8 Å². The Morgan fingerprint density at radius 2 is 2.00 bits per heavy atom. The summed E-state index contributed by atoms with van der Waals surface area (Å²) < 4.78 is 6.68. The lowest BCUT2D eigenvalue weighted by Crippen LogP contribution is -2.30. The van der Waals surface area contributed by atoms with E-state index in [2.05, 4.69) is 37.2 Å². The van der Waals surface area contributed by atoms with Crippen LogP contribution in [0.3, 0.4) is 0 Å². The fraction of sp³-hybridized carbons (Fsp3) is 0.417. The monoisotopic (exact) mass is 363 g/mol. The number of anilines is 1. The van der Waals surface area contributed by atoms with Gasteiger partial charge in [-0.25, -0.2) is 0 Å². The van der Waals surface area contributed by atoms with Crippen LogP contribution >= 0.6 is 31.9 Å². The molecule has 0 aliphatic rings. The molecule has 1 aromatic carbocycles. The summed E-state index contributed by atoms with van der Waals surface area (Å²) in [5.41, 5.74) is 0.955. The molecule has 0 amide bonds. The molecule has 94 valence electrons. The first-order valence-electron chi connectivity index (χ1n) is 5.25. The minimum atomic E-state index is -0.210. The van der Waals surface area contributed by atoms with E-state index in [1.54, 1.807) is 0 Å². The molecule has 0 saturated heterocycles. The van der Waals surface area contributed by atoms with Crippen LogP contribution in [0, 0.1) is 5.92 Å². The molecule has 0 saturated carbocycles. The second-order valence-corrected chi connectivity index (χ2v) is 5.64. The molecule has 0 aromatic heterocycles. The van der Waals surface area contributed by atoms with Crippen LogP contribution in [0.15, 0.2) is 27.1 Å². The number of rotatable bonds is 4. The van der Waals surface area contributed by atoms with Gasteiger partial charge in [-0.1, -0.05) is 15.9 Å². The number of ether oxygens (including phenoxy) is 1. The Kier molecular flexibility index (Phi) is 5.46. The summed E-state index contributed by atoms with van der Waals surface area (Å²) in [5, 5.41) is 3.28. The maximum Gasteiger partial charge on any atom is 0.310 e. The number of hydrogen-bond donors (Lipinski definition) is 1. The zero-order chi connectivity index (χ0) is 13.0. The average molecular weight is 365 g/mol. The second-order valence-electron chi connectivity index (χ2n) is 3.87. The SMILES string of the molecule is COC(=O)C(C)C(C)Nc1ccc(Br)cc1Br. The first kappa shape index (κ1) is 14.5. The van der Waals surface area contributed by atoms with Crippen molar-refractivity contribution in [3.05, 3.63) is 27.1 Å². The van der Waals surface area contributed by atoms with Crippen molar-refractivity contribution in [2.24, 2.45) is 5.92 Å². The molecule has 0 heterocycles. The number of esters is 1. The van der Waals surface area contributed by atoms with E-state index in [0.29, 0.717) is 0 Å². The normalized spacial score (nSPS) is 13.9. The van der Waals surface area contributed by atoms with Crippen LogP contribution in [0.2, 0.25) is 0 Å². The molecule has 0 aliphatic carbocycles. The van der Waals surface area contributed by atoms with Gasteiger partial charge in [0.1, 0.15) is 0 Å². The van der Waals surface area contributed by atoms with Crippen molar-refractivity contribution in [2.75, 3.05) is 12.4 Å². The minimum Gasteiger partial charge on any atom is -0.469 e. The lowest BCUT2D eigenvalue weighted by atomic mass is 10.0. The third kappa shape index (κ3) is 4.00. The number of carbonyl (C=O) groups is 1. The number of hydrogen-bond acceptors (Lipinski definition) is 3. The fourth-order valence-corrected chi connectivity index (χ4v) is 2.53. The van der Waals surface area contributed by atoms with Gasteiger partial charge in [-0.05, 0) is 48.0 Å². The molecule has 1 aromatic rings. The maximum absolute atomic E-state index is 11.4. The topological polar surface area (TPSA) is 38.3 Å². The highest BCUT2D eigenvalue weighted by molar-refractivity contribution is 9.11. The van der Waals surface area contributed by atoms with E-state index in [1.165, 1.54) is 7.11 Å². The van der Waals surface area contributed by atoms with Crippen molar-refractivity contribution in [1.82, 2.24) is 0 Å². The second kappa shape index (κ2) is 6.40. The Hall–Kier alpha value is -0.550. The molecule has 0 fully saturated rings. The van der Waals surface area contributed by atoms with Crippen LogP contribution in [0.5, 0.6) is 0 Å². The van der Waals surface area contributed by atoms with E-state index in [1.807, 2.05) is 32.0 Å². The van der Waals surface area contributed by atoms with Gasteiger partial charge < -0.3 is 10.1 Å². The molecule has 0 aliphatic heterocycles. The third-order valence-electron chi connectivity index (χ3n) is 2.64. The molecular weight excluding hydrogens is 350 g/mol. The zero-order valence-electron chi connectivity index (χ0n) is 9.96. The predicted octanol–water partition coefficient (Wildman–Crippen LogP) is 3.82. The maximum atomic E-state index is 11.4. The Morgan fingerprint density at radius 3 is 2.53 bits per heavy atom. The summed E-state index contributed by atoms with van der Waals surface area (Å²) in [6, 6.07) is 5.86. The van der Waals surface area contributed by atoms with E-state index in [4.69, 9.17) is 4.74 Å². The van der Waals surface area contributed by atoms with Crippen LogP contribution in [-0.4, -0.2) is 19.1 Å². The molecule has 1 N–H and O–H groups in total. The molecule has 0 bridgehead atoms. The van der Waals surface area contributed by atoms with Crippen LogP contribution in [0.25, 0.3) is 0 Å². The van der Waals surface area contributed by atoms with Crippen molar-refractivity contribution < 1.29 is 9.53 Å². The van der Waals surface area contributed by atoms with Gasteiger partial charge >= 0.3 is 5.97 Å². The van der Waals surface area contributed by atoms with Crippen molar-refractivity contribution in [1.29, 1.82) is 0 Å². The summed E-state index contributed by atoms with van der Waals surface area (Å²) in [6.45, 7) is 3.80. The number of carbonyl (C=O) groups excluding carboxylic acids is 1. The fourth-order valence-electron chi connectivity index (χ4n) is 1.37. The van der Waals surface area contributed by atoms with Crippen molar-refractivity contribution >= 4 is 43.5 Å². The van der Waals surface area contributed by atoms with Crippen LogP contribution < -0.4 is 5.32 Å². The standard InChI is InChI=1S/C12H15Br2NO2/c1-7(12(16)17-3)8(2)15-11-5-4-9(13)6-10(11)14/h4-8,15H,1-3H3. The smallest absolute Gasteiger partial charge is 0.310 e. The molecule has 17 heavy (non-hydrogen) atoms. The van der Waals surface area contributed by atoms with E-state index in [9.17, 15) is 4.79 Å². The van der Waals surface area contributed by atoms with Gasteiger partial charge in [-0.2, -0.15) is 0 Å². The van der Waals surface area contributed by atoms with E-state index >= 15 is 0 Å². The molecule has 2 unspecified atom stereocenters. The lowest BCUT2D eigenvalue weighted by molar-refractivity contribution is -0.145. The highest BCUT2D eigenvalue weighted by atomic mass is 79.9. The van der Waals surface area contributed by atoms with Gasteiger partial charge in [0.15, 0.2) is 0 Å². The first-order chi connectivity index (χ1) is 7.95. The van der Waals surface area contributed by atoms with Gasteiger partial charge in [0, 0.05) is 20.7 Å². The molecule has 2 atom stereocenters. The third-order valence-corrected chi connectivity index (χ3v) is 3.79. The van der Waals surface area contributed by atoms with Gasteiger partial charge in [0.05, 0.1) is 13.0 Å².